The number of hydrogen-bond acceptors (Lipinski definition) is 1. The van der Waals surface area contributed by atoms with Crippen molar-refractivity contribution in [2.45, 2.75) is 44.9 Å². The van der Waals surface area contributed by atoms with E-state index < -0.39 is 0 Å². The minimum absolute atomic E-state index is 0.312. The zero-order chi connectivity index (χ0) is 11.7. The molecule has 0 bridgehead atoms. The van der Waals surface area contributed by atoms with Crippen LogP contribution in [0.15, 0.2) is 30.3 Å². The molecule has 0 amide bonds. The first-order chi connectivity index (χ1) is 8.32. The van der Waals surface area contributed by atoms with E-state index in [1.807, 2.05) is 30.3 Å². The molecule has 2 fully saturated rings. The van der Waals surface area contributed by atoms with Gasteiger partial charge >= 0.3 is 0 Å². The second kappa shape index (κ2) is 4.29. The summed E-state index contributed by atoms with van der Waals surface area (Å²) in [5.41, 5.74) is 1.30. The number of carbonyl (C=O) groups excluding carboxylic acids is 1. The Morgan fingerprint density at radius 3 is 2.35 bits per heavy atom. The number of Topliss-reactive ketones (excluding diaryl/α,β-unsaturated/α-hetero) is 1. The van der Waals surface area contributed by atoms with Gasteiger partial charge in [-0.25, -0.2) is 0 Å². The van der Waals surface area contributed by atoms with Crippen LogP contribution in [0.3, 0.4) is 0 Å². The number of ketones is 1. The third-order valence-electron chi connectivity index (χ3n) is 4.88. The van der Waals surface area contributed by atoms with Crippen molar-refractivity contribution in [3.63, 3.8) is 0 Å². The van der Waals surface area contributed by atoms with Crippen molar-refractivity contribution in [3.05, 3.63) is 35.9 Å². The van der Waals surface area contributed by atoms with Crippen LogP contribution >= 0.6 is 0 Å². The van der Waals surface area contributed by atoms with Crippen molar-refractivity contribution in [2.24, 2.45) is 11.3 Å². The van der Waals surface area contributed by atoms with Crippen LogP contribution in [0.1, 0.15) is 55.3 Å². The Balaban J connectivity index is 1.86. The molecule has 17 heavy (non-hydrogen) atoms. The van der Waals surface area contributed by atoms with Crippen LogP contribution in [0.5, 0.6) is 0 Å². The quantitative estimate of drug-likeness (QED) is 0.692. The molecule has 90 valence electrons. The molecule has 0 saturated heterocycles. The van der Waals surface area contributed by atoms with Crippen molar-refractivity contribution < 1.29 is 4.79 Å². The molecule has 1 nitrogen and oxygen atoms in total. The molecule has 1 aromatic carbocycles. The zero-order valence-electron chi connectivity index (χ0n) is 10.3. The Bertz CT molecular complexity index is 395. The Morgan fingerprint density at radius 2 is 1.65 bits per heavy atom. The Morgan fingerprint density at radius 1 is 1.00 bits per heavy atom. The van der Waals surface area contributed by atoms with E-state index in [2.05, 4.69) is 0 Å². The maximum Gasteiger partial charge on any atom is 0.166 e. The van der Waals surface area contributed by atoms with Crippen LogP contribution in [0.4, 0.5) is 0 Å². The molecule has 3 rings (SSSR count). The summed E-state index contributed by atoms with van der Waals surface area (Å²) < 4.78 is 0. The lowest BCUT2D eigenvalue weighted by Gasteiger charge is -2.30. The van der Waals surface area contributed by atoms with Crippen LogP contribution in [0.25, 0.3) is 0 Å². The van der Waals surface area contributed by atoms with Gasteiger partial charge in [0, 0.05) is 11.5 Å². The highest BCUT2D eigenvalue weighted by Crippen LogP contribution is 2.55. The van der Waals surface area contributed by atoms with E-state index in [0.717, 1.165) is 12.0 Å². The second-order valence-corrected chi connectivity index (χ2v) is 5.74. The van der Waals surface area contributed by atoms with Crippen molar-refractivity contribution in [1.29, 1.82) is 0 Å². The van der Waals surface area contributed by atoms with E-state index in [0.29, 0.717) is 17.1 Å². The van der Waals surface area contributed by atoms with Crippen molar-refractivity contribution >= 4 is 5.78 Å². The third-order valence-corrected chi connectivity index (χ3v) is 4.88. The summed E-state index contributed by atoms with van der Waals surface area (Å²) in [6.45, 7) is 0. The third kappa shape index (κ3) is 1.82. The van der Waals surface area contributed by atoms with Gasteiger partial charge in [0.25, 0.3) is 0 Å². The predicted octanol–water partition coefficient (Wildman–Crippen LogP) is 4.23. The highest BCUT2D eigenvalue weighted by atomic mass is 16.1. The van der Waals surface area contributed by atoms with Crippen LogP contribution < -0.4 is 0 Å². The van der Waals surface area contributed by atoms with Crippen molar-refractivity contribution in [2.75, 3.05) is 0 Å². The number of hydrogen-bond donors (Lipinski definition) is 0. The first-order valence-corrected chi connectivity index (χ1v) is 6.91. The van der Waals surface area contributed by atoms with Gasteiger partial charge in [0.05, 0.1) is 0 Å². The van der Waals surface area contributed by atoms with Crippen molar-refractivity contribution in [3.8, 4) is 0 Å². The van der Waals surface area contributed by atoms with E-state index in [1.54, 1.807) is 0 Å². The molecular weight excluding hydrogens is 208 g/mol. The summed E-state index contributed by atoms with van der Waals surface area (Å²) in [5.74, 6) is 0.720. The topological polar surface area (TPSA) is 17.1 Å². The summed E-state index contributed by atoms with van der Waals surface area (Å²) in [5, 5.41) is 0. The van der Waals surface area contributed by atoms with Gasteiger partial charge in [0.2, 0.25) is 0 Å². The highest BCUT2D eigenvalue weighted by molar-refractivity contribution is 5.98. The minimum Gasteiger partial charge on any atom is -0.294 e. The molecule has 0 aliphatic heterocycles. The summed E-state index contributed by atoms with van der Waals surface area (Å²) in [7, 11) is 0. The fourth-order valence-corrected chi connectivity index (χ4v) is 4.03. The Kier molecular flexibility index (Phi) is 2.78. The fraction of sp³-hybridized carbons (Fsp3) is 0.562. The Hall–Kier alpha value is -1.11. The lowest BCUT2D eigenvalue weighted by Crippen LogP contribution is -2.28. The molecule has 0 heterocycles. The molecule has 0 radical (unpaired) electrons. The van der Waals surface area contributed by atoms with E-state index in [-0.39, 0.29) is 0 Å². The van der Waals surface area contributed by atoms with E-state index in [9.17, 15) is 4.79 Å². The van der Waals surface area contributed by atoms with Gasteiger partial charge in [-0.05, 0) is 31.1 Å². The molecule has 2 aliphatic rings. The predicted molar refractivity (Wildman–Crippen MR) is 69.0 cm³/mol. The maximum absolute atomic E-state index is 12.6. The Labute approximate surface area is 103 Å². The molecule has 2 aliphatic carbocycles. The lowest BCUT2D eigenvalue weighted by molar-refractivity contribution is 0.0804. The van der Waals surface area contributed by atoms with Gasteiger partial charge in [-0.1, -0.05) is 49.6 Å². The van der Waals surface area contributed by atoms with E-state index in [4.69, 9.17) is 0 Å². The van der Waals surface area contributed by atoms with Gasteiger partial charge in [-0.15, -0.1) is 0 Å². The van der Waals surface area contributed by atoms with E-state index >= 15 is 0 Å². The van der Waals surface area contributed by atoms with Gasteiger partial charge in [-0.2, -0.15) is 0 Å². The average molecular weight is 228 g/mol. The smallest absolute Gasteiger partial charge is 0.166 e. The molecule has 0 N–H and O–H groups in total. The zero-order valence-corrected chi connectivity index (χ0v) is 10.3. The van der Waals surface area contributed by atoms with Crippen LogP contribution in [-0.4, -0.2) is 5.78 Å². The van der Waals surface area contributed by atoms with Crippen LogP contribution in [0.2, 0.25) is 0 Å². The second-order valence-electron chi connectivity index (χ2n) is 5.74. The molecule has 0 aromatic heterocycles. The van der Waals surface area contributed by atoms with Crippen LogP contribution in [0, 0.1) is 11.3 Å². The first kappa shape index (κ1) is 11.0. The molecule has 2 saturated carbocycles. The molecule has 1 heteroatoms. The number of benzene rings is 1. The largest absolute Gasteiger partial charge is 0.294 e. The van der Waals surface area contributed by atoms with Crippen LogP contribution in [-0.2, 0) is 0 Å². The van der Waals surface area contributed by atoms with Crippen molar-refractivity contribution in [1.82, 2.24) is 0 Å². The summed E-state index contributed by atoms with van der Waals surface area (Å²) in [6, 6.07) is 9.89. The fourth-order valence-electron chi connectivity index (χ4n) is 4.03. The first-order valence-electron chi connectivity index (χ1n) is 6.91. The number of rotatable bonds is 2. The molecule has 1 atom stereocenters. The summed E-state index contributed by atoms with van der Waals surface area (Å²) in [6.07, 6.45) is 8.90. The van der Waals surface area contributed by atoms with Gasteiger partial charge in [0.1, 0.15) is 0 Å². The minimum atomic E-state index is 0.312. The monoisotopic (exact) mass is 228 g/mol. The normalized spacial score (nSPS) is 26.5. The molecule has 1 aromatic rings. The standard InChI is InChI=1S/C16H20O/c17-15(13-7-2-1-3-8-13)14-9-6-12-16(14)10-4-5-11-16/h1-3,7-8,14H,4-6,9-12H2. The average Bonchev–Trinajstić information content (AvgIpc) is 3.01. The highest BCUT2D eigenvalue weighted by Gasteiger charge is 2.47. The summed E-state index contributed by atoms with van der Waals surface area (Å²) in [4.78, 5) is 12.6. The van der Waals surface area contributed by atoms with Gasteiger partial charge in [0.15, 0.2) is 5.78 Å². The molecule has 1 unspecified atom stereocenters. The summed E-state index contributed by atoms with van der Waals surface area (Å²) >= 11 is 0. The molecule has 1 spiro atoms. The van der Waals surface area contributed by atoms with Gasteiger partial charge < -0.3 is 0 Å². The van der Waals surface area contributed by atoms with E-state index in [1.165, 1.54) is 38.5 Å². The lowest BCUT2D eigenvalue weighted by atomic mass is 9.73. The SMILES string of the molecule is O=C(c1ccccc1)C1CCCC12CCCC2. The maximum atomic E-state index is 12.6. The molecular formula is C16H20O. The number of carbonyl (C=O) groups is 1. The van der Waals surface area contributed by atoms with Gasteiger partial charge in [-0.3, -0.25) is 4.79 Å².